The van der Waals surface area contributed by atoms with E-state index < -0.39 is 0 Å². The van der Waals surface area contributed by atoms with Gasteiger partial charge in [0.25, 0.3) is 5.91 Å². The summed E-state index contributed by atoms with van der Waals surface area (Å²) in [5, 5.41) is 18.7. The van der Waals surface area contributed by atoms with E-state index in [-0.39, 0.29) is 17.4 Å². The van der Waals surface area contributed by atoms with Crippen LogP contribution in [-0.2, 0) is 0 Å². The topological polar surface area (TPSA) is 64.0 Å². The van der Waals surface area contributed by atoms with Gasteiger partial charge in [0.1, 0.15) is 0 Å². The van der Waals surface area contributed by atoms with Gasteiger partial charge in [-0.15, -0.1) is 0 Å². The highest BCUT2D eigenvalue weighted by Gasteiger charge is 2.25. The number of rotatable bonds is 2. The lowest BCUT2D eigenvalue weighted by Gasteiger charge is -2.36. The van der Waals surface area contributed by atoms with Crippen LogP contribution >= 0.6 is 0 Å². The molecule has 2 N–H and O–H groups in total. The van der Waals surface area contributed by atoms with Crippen LogP contribution in [0.2, 0.25) is 0 Å². The van der Waals surface area contributed by atoms with Gasteiger partial charge >= 0.3 is 0 Å². The minimum Gasteiger partial charge on any atom is -0.504 e. The number of amides is 1. The molecule has 0 aliphatic carbocycles. The molecule has 0 aromatic heterocycles. The van der Waals surface area contributed by atoms with E-state index in [4.69, 9.17) is 0 Å². The molecule has 1 saturated heterocycles. The number of phenolic OH excluding ortho intramolecular Hbond substituents is 2. The van der Waals surface area contributed by atoms with Crippen molar-refractivity contribution >= 4 is 5.91 Å². The quantitative estimate of drug-likeness (QED) is 0.789. The summed E-state index contributed by atoms with van der Waals surface area (Å²) in [6.45, 7) is 1.44. The zero-order chi connectivity index (χ0) is 14.0. The minimum atomic E-state index is -0.257. The Hall–Kier alpha value is -1.75. The second-order valence-corrected chi connectivity index (χ2v) is 5.21. The van der Waals surface area contributed by atoms with Gasteiger partial charge in [0.05, 0.1) is 0 Å². The van der Waals surface area contributed by atoms with Gasteiger partial charge in [-0.05, 0) is 45.1 Å². The second-order valence-electron chi connectivity index (χ2n) is 5.21. The van der Waals surface area contributed by atoms with Crippen LogP contribution < -0.4 is 0 Å². The Morgan fingerprint density at radius 1 is 1.32 bits per heavy atom. The van der Waals surface area contributed by atoms with E-state index in [1.807, 2.05) is 14.1 Å². The van der Waals surface area contributed by atoms with Crippen molar-refractivity contribution in [3.63, 3.8) is 0 Å². The third-order valence-corrected chi connectivity index (χ3v) is 3.64. The van der Waals surface area contributed by atoms with Crippen molar-refractivity contribution in [2.45, 2.75) is 18.9 Å². The third kappa shape index (κ3) is 2.98. The number of benzene rings is 1. The van der Waals surface area contributed by atoms with E-state index in [0.717, 1.165) is 19.4 Å². The van der Waals surface area contributed by atoms with Gasteiger partial charge in [0.2, 0.25) is 0 Å². The van der Waals surface area contributed by atoms with Crippen LogP contribution in [0.1, 0.15) is 23.2 Å². The van der Waals surface area contributed by atoms with Crippen LogP contribution in [0.5, 0.6) is 11.5 Å². The number of piperidine rings is 1. The first-order valence-electron chi connectivity index (χ1n) is 6.46. The Bertz CT molecular complexity index is 474. The van der Waals surface area contributed by atoms with Crippen molar-refractivity contribution in [2.75, 3.05) is 27.2 Å². The molecule has 1 unspecified atom stereocenters. The maximum absolute atomic E-state index is 12.3. The van der Waals surface area contributed by atoms with E-state index in [1.54, 1.807) is 4.90 Å². The predicted octanol–water partition coefficient (Wildman–Crippen LogP) is 1.26. The zero-order valence-corrected chi connectivity index (χ0v) is 11.3. The first-order chi connectivity index (χ1) is 8.99. The van der Waals surface area contributed by atoms with Gasteiger partial charge < -0.3 is 20.0 Å². The first-order valence-corrected chi connectivity index (χ1v) is 6.46. The number of carbonyl (C=O) groups excluding carboxylic acids is 1. The summed E-state index contributed by atoms with van der Waals surface area (Å²) < 4.78 is 0. The summed E-state index contributed by atoms with van der Waals surface area (Å²) in [4.78, 5) is 16.3. The van der Waals surface area contributed by atoms with Gasteiger partial charge in [-0.25, -0.2) is 0 Å². The number of likely N-dealkylation sites (N-methyl/N-ethyl adjacent to an activating group) is 1. The lowest BCUT2D eigenvalue weighted by Crippen LogP contribution is -2.47. The number of aromatic hydroxyl groups is 2. The van der Waals surface area contributed by atoms with Gasteiger partial charge in [0.15, 0.2) is 11.5 Å². The zero-order valence-electron chi connectivity index (χ0n) is 11.3. The predicted molar refractivity (Wildman–Crippen MR) is 72.4 cm³/mol. The monoisotopic (exact) mass is 264 g/mol. The molecular weight excluding hydrogens is 244 g/mol. The van der Waals surface area contributed by atoms with E-state index in [1.165, 1.54) is 18.2 Å². The number of nitrogens with zero attached hydrogens (tertiary/aromatic N) is 2. The van der Waals surface area contributed by atoms with E-state index >= 15 is 0 Å². The molecule has 0 spiro atoms. The number of phenols is 2. The average molecular weight is 264 g/mol. The summed E-state index contributed by atoms with van der Waals surface area (Å²) in [6, 6.07) is 4.58. The molecule has 1 amide bonds. The molecule has 0 bridgehead atoms. The fraction of sp³-hybridized carbons (Fsp3) is 0.500. The molecule has 1 fully saturated rings. The Morgan fingerprint density at radius 3 is 2.68 bits per heavy atom. The Balaban J connectivity index is 2.12. The first kappa shape index (κ1) is 13.7. The van der Waals surface area contributed by atoms with Crippen molar-refractivity contribution in [1.29, 1.82) is 0 Å². The molecule has 1 atom stereocenters. The van der Waals surface area contributed by atoms with Crippen LogP contribution in [0.15, 0.2) is 18.2 Å². The van der Waals surface area contributed by atoms with Crippen LogP contribution in [0.25, 0.3) is 0 Å². The van der Waals surface area contributed by atoms with Crippen LogP contribution in [0.4, 0.5) is 0 Å². The molecule has 1 aliphatic rings. The van der Waals surface area contributed by atoms with Crippen molar-refractivity contribution < 1.29 is 15.0 Å². The maximum atomic E-state index is 12.3. The molecule has 2 rings (SSSR count). The summed E-state index contributed by atoms with van der Waals surface area (Å²) in [7, 11) is 4.04. The van der Waals surface area contributed by atoms with Gasteiger partial charge in [-0.2, -0.15) is 0 Å². The van der Waals surface area contributed by atoms with Gasteiger partial charge in [-0.1, -0.05) is 0 Å². The molecule has 1 aromatic rings. The third-order valence-electron chi connectivity index (χ3n) is 3.64. The molecule has 1 heterocycles. The van der Waals surface area contributed by atoms with Crippen LogP contribution in [0, 0.1) is 0 Å². The van der Waals surface area contributed by atoms with E-state index in [9.17, 15) is 15.0 Å². The number of carbonyl (C=O) groups is 1. The molecule has 1 aliphatic heterocycles. The molecule has 5 heteroatoms. The summed E-state index contributed by atoms with van der Waals surface area (Å²) in [5.74, 6) is -0.560. The Morgan fingerprint density at radius 2 is 2.05 bits per heavy atom. The highest BCUT2D eigenvalue weighted by Crippen LogP contribution is 2.26. The van der Waals surface area contributed by atoms with Gasteiger partial charge in [0, 0.05) is 24.7 Å². The molecule has 1 aromatic carbocycles. The maximum Gasteiger partial charge on any atom is 0.254 e. The number of hydrogen-bond acceptors (Lipinski definition) is 4. The normalized spacial score (nSPS) is 19.7. The highest BCUT2D eigenvalue weighted by molar-refractivity contribution is 5.95. The average Bonchev–Trinajstić information content (AvgIpc) is 2.41. The van der Waals surface area contributed by atoms with E-state index in [0.29, 0.717) is 18.2 Å². The second kappa shape index (κ2) is 5.48. The van der Waals surface area contributed by atoms with Crippen molar-refractivity contribution in [3.8, 4) is 11.5 Å². The molecule has 0 saturated carbocycles. The molecule has 19 heavy (non-hydrogen) atoms. The largest absolute Gasteiger partial charge is 0.504 e. The summed E-state index contributed by atoms with van der Waals surface area (Å²) in [6.07, 6.45) is 2.08. The standard InChI is InChI=1S/C14H20N2O3/c1-15(2)11-4-3-7-16(9-11)14(19)10-5-6-12(17)13(18)8-10/h5-6,8,11,17-18H,3-4,7,9H2,1-2H3. The Kier molecular flexibility index (Phi) is 3.95. The van der Waals surface area contributed by atoms with Crippen LogP contribution in [0.3, 0.4) is 0 Å². The number of hydrogen-bond donors (Lipinski definition) is 2. The SMILES string of the molecule is CN(C)C1CCCN(C(=O)c2ccc(O)c(O)c2)C1. The van der Waals surface area contributed by atoms with Crippen molar-refractivity contribution in [2.24, 2.45) is 0 Å². The number of likely N-dealkylation sites (tertiary alicyclic amines) is 1. The minimum absolute atomic E-state index is 0.0955. The fourth-order valence-corrected chi connectivity index (χ4v) is 2.40. The molecular formula is C14H20N2O3. The lowest BCUT2D eigenvalue weighted by atomic mass is 10.0. The molecule has 104 valence electrons. The fourth-order valence-electron chi connectivity index (χ4n) is 2.40. The molecule has 0 radical (unpaired) electrons. The lowest BCUT2D eigenvalue weighted by molar-refractivity contribution is 0.0634. The van der Waals surface area contributed by atoms with Crippen LogP contribution in [-0.4, -0.2) is 59.1 Å². The summed E-state index contributed by atoms with van der Waals surface area (Å²) in [5.41, 5.74) is 0.412. The smallest absolute Gasteiger partial charge is 0.254 e. The van der Waals surface area contributed by atoms with E-state index in [2.05, 4.69) is 4.90 Å². The van der Waals surface area contributed by atoms with Gasteiger partial charge in [-0.3, -0.25) is 4.79 Å². The van der Waals surface area contributed by atoms with Crippen molar-refractivity contribution in [3.05, 3.63) is 23.8 Å². The summed E-state index contributed by atoms with van der Waals surface area (Å²) >= 11 is 0. The highest BCUT2D eigenvalue weighted by atomic mass is 16.3. The van der Waals surface area contributed by atoms with Crippen molar-refractivity contribution in [1.82, 2.24) is 9.80 Å². The Labute approximate surface area is 113 Å². The molecule has 5 nitrogen and oxygen atoms in total.